The Hall–Kier alpha value is -0.480. The fourth-order valence-electron chi connectivity index (χ4n) is 1.34. The Bertz CT molecular complexity index is 315. The van der Waals surface area contributed by atoms with Crippen LogP contribution in [0.5, 0.6) is 11.5 Å². The van der Waals surface area contributed by atoms with Gasteiger partial charge in [0.05, 0.1) is 0 Å². The van der Waals surface area contributed by atoms with E-state index in [1.807, 2.05) is 27.7 Å². The Labute approximate surface area is 91.8 Å². The van der Waals surface area contributed by atoms with Crippen LogP contribution in [0.4, 0.5) is 0 Å². The number of hydrogen-bond donors (Lipinski definition) is 0. The predicted octanol–water partition coefficient (Wildman–Crippen LogP) is 2.97. The summed E-state index contributed by atoms with van der Waals surface area (Å²) in [6.07, 6.45) is 3.19. The Morgan fingerprint density at radius 2 is 2.14 bits per heavy atom. The van der Waals surface area contributed by atoms with Crippen molar-refractivity contribution in [1.29, 1.82) is 0 Å². The van der Waals surface area contributed by atoms with Gasteiger partial charge < -0.3 is 9.47 Å². The first-order chi connectivity index (χ1) is 6.90. The SMILES string of the molecule is CSSCCc1ccc2c(c1)OCO2. The van der Waals surface area contributed by atoms with Crippen molar-refractivity contribution in [3.8, 4) is 11.5 Å². The minimum atomic E-state index is 0.359. The molecular weight excluding hydrogens is 216 g/mol. The van der Waals surface area contributed by atoms with Crippen LogP contribution < -0.4 is 9.47 Å². The second-order valence-corrected chi connectivity index (χ2v) is 5.61. The van der Waals surface area contributed by atoms with Crippen LogP contribution in [-0.2, 0) is 6.42 Å². The summed E-state index contributed by atoms with van der Waals surface area (Å²) in [5.74, 6) is 2.89. The second-order valence-electron chi connectivity index (χ2n) is 2.93. The summed E-state index contributed by atoms with van der Waals surface area (Å²) < 4.78 is 10.6. The smallest absolute Gasteiger partial charge is 0.231 e. The Morgan fingerprint density at radius 3 is 3.00 bits per heavy atom. The summed E-state index contributed by atoms with van der Waals surface area (Å²) in [6, 6.07) is 6.17. The van der Waals surface area contributed by atoms with Crippen LogP contribution in [0.15, 0.2) is 18.2 Å². The van der Waals surface area contributed by atoms with Gasteiger partial charge in [0.1, 0.15) is 0 Å². The van der Waals surface area contributed by atoms with Gasteiger partial charge in [-0.1, -0.05) is 27.7 Å². The largest absolute Gasteiger partial charge is 0.454 e. The van der Waals surface area contributed by atoms with Gasteiger partial charge in [-0.25, -0.2) is 0 Å². The third kappa shape index (κ3) is 2.30. The van der Waals surface area contributed by atoms with E-state index >= 15 is 0 Å². The molecule has 14 heavy (non-hydrogen) atoms. The van der Waals surface area contributed by atoms with Crippen LogP contribution in [0.2, 0.25) is 0 Å². The second kappa shape index (κ2) is 4.84. The maximum atomic E-state index is 5.31. The maximum absolute atomic E-state index is 5.31. The van der Waals surface area contributed by atoms with Crippen LogP contribution in [0.3, 0.4) is 0 Å². The summed E-state index contributed by atoms with van der Waals surface area (Å²) in [4.78, 5) is 0. The molecule has 0 radical (unpaired) electrons. The first-order valence-corrected chi connectivity index (χ1v) is 7.17. The number of aryl methyl sites for hydroxylation is 1. The van der Waals surface area contributed by atoms with Gasteiger partial charge in [0, 0.05) is 5.75 Å². The van der Waals surface area contributed by atoms with Crippen molar-refractivity contribution in [2.75, 3.05) is 18.8 Å². The van der Waals surface area contributed by atoms with E-state index in [4.69, 9.17) is 9.47 Å². The maximum Gasteiger partial charge on any atom is 0.231 e. The lowest BCUT2D eigenvalue weighted by atomic mass is 10.1. The van der Waals surface area contributed by atoms with Crippen LogP contribution in [0.1, 0.15) is 5.56 Å². The number of fused-ring (bicyclic) bond motifs is 1. The van der Waals surface area contributed by atoms with Gasteiger partial charge in [-0.05, 0) is 30.4 Å². The van der Waals surface area contributed by atoms with Gasteiger partial charge in [-0.3, -0.25) is 0 Å². The Kier molecular flexibility index (Phi) is 3.48. The molecule has 2 nitrogen and oxygen atoms in total. The fraction of sp³-hybridized carbons (Fsp3) is 0.400. The minimum absolute atomic E-state index is 0.359. The predicted molar refractivity (Wildman–Crippen MR) is 62.2 cm³/mol. The van der Waals surface area contributed by atoms with Crippen LogP contribution in [0.25, 0.3) is 0 Å². The quantitative estimate of drug-likeness (QED) is 0.582. The molecule has 1 aliphatic rings. The summed E-state index contributed by atoms with van der Waals surface area (Å²) in [5.41, 5.74) is 1.32. The molecule has 1 aromatic carbocycles. The normalized spacial score (nSPS) is 13.2. The van der Waals surface area contributed by atoms with Crippen molar-refractivity contribution >= 4 is 21.6 Å². The summed E-state index contributed by atoms with van der Waals surface area (Å²) >= 11 is 0. The van der Waals surface area contributed by atoms with E-state index in [2.05, 4.69) is 18.4 Å². The molecule has 76 valence electrons. The van der Waals surface area contributed by atoms with E-state index in [9.17, 15) is 0 Å². The van der Waals surface area contributed by atoms with Crippen molar-refractivity contribution in [2.45, 2.75) is 6.42 Å². The molecule has 0 fully saturated rings. The number of ether oxygens (including phenoxy) is 2. The van der Waals surface area contributed by atoms with E-state index < -0.39 is 0 Å². The van der Waals surface area contributed by atoms with Crippen LogP contribution >= 0.6 is 21.6 Å². The van der Waals surface area contributed by atoms with E-state index in [0.717, 1.165) is 23.7 Å². The van der Waals surface area contributed by atoms with Crippen molar-refractivity contribution in [1.82, 2.24) is 0 Å². The van der Waals surface area contributed by atoms with Crippen molar-refractivity contribution in [3.05, 3.63) is 23.8 Å². The van der Waals surface area contributed by atoms with Crippen molar-refractivity contribution in [3.63, 3.8) is 0 Å². The molecule has 1 aromatic rings. The fourth-order valence-corrected chi connectivity index (χ4v) is 2.58. The molecule has 0 N–H and O–H groups in total. The third-order valence-electron chi connectivity index (χ3n) is 2.03. The molecule has 0 spiro atoms. The molecule has 2 rings (SSSR count). The molecule has 0 bridgehead atoms. The first-order valence-electron chi connectivity index (χ1n) is 4.44. The molecule has 0 unspecified atom stereocenters. The highest BCUT2D eigenvalue weighted by molar-refractivity contribution is 8.76. The average molecular weight is 228 g/mol. The van der Waals surface area contributed by atoms with Gasteiger partial charge in [0.25, 0.3) is 0 Å². The van der Waals surface area contributed by atoms with Gasteiger partial charge in [-0.2, -0.15) is 0 Å². The molecule has 0 aromatic heterocycles. The van der Waals surface area contributed by atoms with E-state index in [1.54, 1.807) is 0 Å². The highest BCUT2D eigenvalue weighted by atomic mass is 33.1. The summed E-state index contributed by atoms with van der Waals surface area (Å²) in [5, 5.41) is 0. The highest BCUT2D eigenvalue weighted by Crippen LogP contribution is 2.33. The lowest BCUT2D eigenvalue weighted by molar-refractivity contribution is 0.174. The Balaban J connectivity index is 1.98. The molecular formula is C10H12O2S2. The molecule has 4 heteroatoms. The molecule has 1 aliphatic heterocycles. The molecule has 0 saturated heterocycles. The zero-order valence-corrected chi connectivity index (χ0v) is 9.62. The van der Waals surface area contributed by atoms with Gasteiger partial charge in [0.2, 0.25) is 6.79 Å². The Morgan fingerprint density at radius 1 is 1.29 bits per heavy atom. The lowest BCUT2D eigenvalue weighted by Gasteiger charge is -2.01. The zero-order valence-electron chi connectivity index (χ0n) is 7.99. The van der Waals surface area contributed by atoms with E-state index in [0.29, 0.717) is 6.79 Å². The van der Waals surface area contributed by atoms with Gasteiger partial charge in [0.15, 0.2) is 11.5 Å². The van der Waals surface area contributed by atoms with E-state index in [-0.39, 0.29) is 0 Å². The molecule has 0 amide bonds. The van der Waals surface area contributed by atoms with Gasteiger partial charge in [-0.15, -0.1) is 0 Å². The van der Waals surface area contributed by atoms with Gasteiger partial charge >= 0.3 is 0 Å². The number of rotatable bonds is 4. The average Bonchev–Trinajstić information content (AvgIpc) is 2.65. The summed E-state index contributed by atoms with van der Waals surface area (Å²) in [6.45, 7) is 0.359. The minimum Gasteiger partial charge on any atom is -0.454 e. The lowest BCUT2D eigenvalue weighted by Crippen LogP contribution is -1.93. The molecule has 0 aliphatic carbocycles. The zero-order chi connectivity index (χ0) is 9.80. The first kappa shape index (κ1) is 10.1. The monoisotopic (exact) mass is 228 g/mol. The topological polar surface area (TPSA) is 18.5 Å². The van der Waals surface area contributed by atoms with Crippen molar-refractivity contribution in [2.24, 2.45) is 0 Å². The summed E-state index contributed by atoms with van der Waals surface area (Å²) in [7, 11) is 3.69. The number of benzene rings is 1. The van der Waals surface area contributed by atoms with Crippen molar-refractivity contribution < 1.29 is 9.47 Å². The third-order valence-corrected chi connectivity index (χ3v) is 3.84. The van der Waals surface area contributed by atoms with E-state index in [1.165, 1.54) is 5.56 Å². The van der Waals surface area contributed by atoms with Crippen LogP contribution in [-0.4, -0.2) is 18.8 Å². The molecule has 0 atom stereocenters. The van der Waals surface area contributed by atoms with Crippen LogP contribution in [0, 0.1) is 0 Å². The molecule has 1 heterocycles. The molecule has 0 saturated carbocycles. The number of hydrogen-bond acceptors (Lipinski definition) is 4. The highest BCUT2D eigenvalue weighted by Gasteiger charge is 2.12. The standard InChI is InChI=1S/C10H12O2S2/c1-13-14-5-4-8-2-3-9-10(6-8)12-7-11-9/h2-3,6H,4-5,7H2,1H3.